The van der Waals surface area contributed by atoms with Crippen LogP contribution < -0.4 is 4.74 Å². The molecule has 8 heteroatoms. The number of hydrogen-bond acceptors (Lipinski definition) is 5. The minimum atomic E-state index is -1.32. The van der Waals surface area contributed by atoms with Gasteiger partial charge in [0.25, 0.3) is 0 Å². The molecule has 1 aliphatic heterocycles. The molecule has 1 heterocycles. The summed E-state index contributed by atoms with van der Waals surface area (Å²) < 4.78 is 37.0. The monoisotopic (exact) mass is 384 g/mol. The number of β-amino-alcohol motifs (C(OH)–C–C–N with tert-alkyl or cyclic N) is 1. The number of amides is 1. The van der Waals surface area contributed by atoms with Crippen LogP contribution in [-0.4, -0.2) is 79.0 Å². The summed E-state index contributed by atoms with van der Waals surface area (Å²) in [6.45, 7) is 1.46. The predicted octanol–water partition coefficient (Wildman–Crippen LogP) is 1.42. The highest BCUT2D eigenvalue weighted by molar-refractivity contribution is 5.77. The summed E-state index contributed by atoms with van der Waals surface area (Å²) in [5.74, 6) is -2.02. The summed E-state index contributed by atoms with van der Waals surface area (Å²) in [6.07, 6.45) is 3.32. The average Bonchev–Trinajstić information content (AvgIpc) is 2.74. The van der Waals surface area contributed by atoms with E-state index in [9.17, 15) is 18.7 Å². The molecular formula is C19H26F2N2O4. The lowest BCUT2D eigenvalue weighted by Gasteiger charge is -2.40. The van der Waals surface area contributed by atoms with Gasteiger partial charge in [0, 0.05) is 38.9 Å². The summed E-state index contributed by atoms with van der Waals surface area (Å²) in [5, 5.41) is 11.2. The number of ether oxygens (including phenoxy) is 2. The first-order chi connectivity index (χ1) is 12.9. The van der Waals surface area contributed by atoms with Gasteiger partial charge < -0.3 is 19.5 Å². The third-order valence-corrected chi connectivity index (χ3v) is 5.25. The molecule has 1 saturated heterocycles. The molecule has 1 aromatic carbocycles. The normalized spacial score (nSPS) is 24.4. The maximum atomic E-state index is 13.4. The van der Waals surface area contributed by atoms with Gasteiger partial charge >= 0.3 is 0 Å². The molecule has 0 radical (unpaired) electrons. The summed E-state index contributed by atoms with van der Waals surface area (Å²) >= 11 is 0. The summed E-state index contributed by atoms with van der Waals surface area (Å²) in [7, 11) is 1.45. The van der Waals surface area contributed by atoms with E-state index in [1.807, 2.05) is 0 Å². The molecule has 1 saturated carbocycles. The summed E-state index contributed by atoms with van der Waals surface area (Å²) in [6, 6.07) is 3.65. The highest BCUT2D eigenvalue weighted by Gasteiger charge is 2.40. The minimum Gasteiger partial charge on any atom is -0.490 e. The second-order valence-electron chi connectivity index (χ2n) is 7.39. The molecule has 3 rings (SSSR count). The topological polar surface area (TPSA) is 62.2 Å². The number of carbonyl (C=O) groups is 1. The van der Waals surface area contributed by atoms with Gasteiger partial charge in [-0.05, 0) is 25.0 Å². The zero-order valence-electron chi connectivity index (χ0n) is 15.5. The van der Waals surface area contributed by atoms with Gasteiger partial charge in [0.15, 0.2) is 11.6 Å². The maximum absolute atomic E-state index is 13.4. The Hall–Kier alpha value is -1.77. The quantitative estimate of drug-likeness (QED) is 0.804. The zero-order valence-corrected chi connectivity index (χ0v) is 15.5. The van der Waals surface area contributed by atoms with Gasteiger partial charge in [-0.25, -0.2) is 8.78 Å². The largest absolute Gasteiger partial charge is 0.490 e. The van der Waals surface area contributed by atoms with Crippen molar-refractivity contribution in [3.63, 3.8) is 0 Å². The number of rotatable bonds is 6. The van der Waals surface area contributed by atoms with Crippen molar-refractivity contribution in [3.8, 4) is 5.75 Å². The number of aliphatic hydroxyl groups is 1. The van der Waals surface area contributed by atoms with Gasteiger partial charge in [0.2, 0.25) is 5.91 Å². The van der Waals surface area contributed by atoms with Crippen molar-refractivity contribution < 1.29 is 28.2 Å². The van der Waals surface area contributed by atoms with Crippen LogP contribution in [0.2, 0.25) is 0 Å². The van der Waals surface area contributed by atoms with E-state index in [-0.39, 0.29) is 31.4 Å². The third kappa shape index (κ3) is 4.94. The second kappa shape index (κ2) is 8.50. The van der Waals surface area contributed by atoms with Crippen molar-refractivity contribution in [1.29, 1.82) is 0 Å². The van der Waals surface area contributed by atoms with E-state index in [1.54, 1.807) is 4.90 Å². The molecule has 0 bridgehead atoms. The predicted molar refractivity (Wildman–Crippen MR) is 94.5 cm³/mol. The lowest BCUT2D eigenvalue weighted by molar-refractivity contribution is -0.138. The Morgan fingerprint density at radius 3 is 2.67 bits per heavy atom. The molecule has 1 amide bonds. The van der Waals surface area contributed by atoms with Gasteiger partial charge in [0.1, 0.15) is 24.6 Å². The number of carbonyl (C=O) groups excluding carboxylic acids is 1. The summed E-state index contributed by atoms with van der Waals surface area (Å²) in [4.78, 5) is 16.1. The molecule has 1 unspecified atom stereocenters. The van der Waals surface area contributed by atoms with E-state index in [0.717, 1.165) is 31.4 Å². The number of hydrogen-bond donors (Lipinski definition) is 1. The van der Waals surface area contributed by atoms with Crippen LogP contribution >= 0.6 is 0 Å². The molecule has 27 heavy (non-hydrogen) atoms. The third-order valence-electron chi connectivity index (χ3n) is 5.25. The van der Waals surface area contributed by atoms with E-state index in [2.05, 4.69) is 4.90 Å². The zero-order chi connectivity index (χ0) is 19.4. The average molecular weight is 384 g/mol. The molecule has 1 atom stereocenters. The first-order valence-corrected chi connectivity index (χ1v) is 9.21. The van der Waals surface area contributed by atoms with Crippen molar-refractivity contribution in [2.75, 3.05) is 46.5 Å². The Morgan fingerprint density at radius 2 is 2.04 bits per heavy atom. The van der Waals surface area contributed by atoms with Crippen molar-refractivity contribution in [3.05, 3.63) is 29.8 Å². The van der Waals surface area contributed by atoms with Gasteiger partial charge in [-0.15, -0.1) is 0 Å². The SMILES string of the molecule is COCC(=O)N1CCN(C2CCC2)CC(O)(COc2ccc(F)c(F)c2)C1. The van der Waals surface area contributed by atoms with Crippen LogP contribution in [0.4, 0.5) is 8.78 Å². The molecule has 1 N–H and O–H groups in total. The van der Waals surface area contributed by atoms with Gasteiger partial charge in [-0.1, -0.05) is 6.42 Å². The van der Waals surface area contributed by atoms with Gasteiger partial charge in [0.05, 0.1) is 6.54 Å². The van der Waals surface area contributed by atoms with Crippen LogP contribution in [0.5, 0.6) is 5.75 Å². The molecule has 150 valence electrons. The fraction of sp³-hybridized carbons (Fsp3) is 0.632. The number of halogens is 2. The molecule has 6 nitrogen and oxygen atoms in total. The lowest BCUT2D eigenvalue weighted by Crippen LogP contribution is -2.54. The smallest absolute Gasteiger partial charge is 0.248 e. The Bertz CT molecular complexity index is 671. The highest BCUT2D eigenvalue weighted by Crippen LogP contribution is 2.28. The molecule has 1 aliphatic carbocycles. The number of methoxy groups -OCH3 is 1. The Labute approximate surface area is 157 Å². The van der Waals surface area contributed by atoms with Crippen LogP contribution in [0.25, 0.3) is 0 Å². The van der Waals surface area contributed by atoms with E-state index in [4.69, 9.17) is 9.47 Å². The fourth-order valence-corrected chi connectivity index (χ4v) is 3.56. The van der Waals surface area contributed by atoms with Crippen LogP contribution in [0.1, 0.15) is 19.3 Å². The maximum Gasteiger partial charge on any atom is 0.248 e. The second-order valence-corrected chi connectivity index (χ2v) is 7.39. The van der Waals surface area contributed by atoms with Crippen molar-refractivity contribution in [2.24, 2.45) is 0 Å². The first kappa shape index (κ1) is 20.0. The fourth-order valence-electron chi connectivity index (χ4n) is 3.56. The first-order valence-electron chi connectivity index (χ1n) is 9.21. The van der Waals surface area contributed by atoms with Crippen molar-refractivity contribution >= 4 is 5.91 Å². The molecule has 2 fully saturated rings. The molecule has 1 aromatic rings. The van der Waals surface area contributed by atoms with Crippen molar-refractivity contribution in [2.45, 2.75) is 30.9 Å². The van der Waals surface area contributed by atoms with Crippen LogP contribution in [0.15, 0.2) is 18.2 Å². The molecular weight excluding hydrogens is 358 g/mol. The number of nitrogens with zero attached hydrogens (tertiary/aromatic N) is 2. The Kier molecular flexibility index (Phi) is 6.29. The van der Waals surface area contributed by atoms with Crippen LogP contribution in [-0.2, 0) is 9.53 Å². The van der Waals surface area contributed by atoms with Crippen LogP contribution in [0, 0.1) is 11.6 Å². The lowest BCUT2D eigenvalue weighted by atomic mass is 9.90. The van der Waals surface area contributed by atoms with Crippen LogP contribution in [0.3, 0.4) is 0 Å². The number of benzene rings is 1. The van der Waals surface area contributed by atoms with E-state index in [1.165, 1.54) is 13.2 Å². The standard InChI is InChI=1S/C19H26F2N2O4/c1-26-10-18(24)23-8-7-22(14-3-2-4-14)11-19(25,12-23)13-27-15-5-6-16(20)17(21)9-15/h5-6,9,14,25H,2-4,7-8,10-13H2,1H3. The van der Waals surface area contributed by atoms with Gasteiger partial charge in [-0.2, -0.15) is 0 Å². The highest BCUT2D eigenvalue weighted by atomic mass is 19.2. The molecule has 2 aliphatic rings. The summed E-state index contributed by atoms with van der Waals surface area (Å²) in [5.41, 5.74) is -1.32. The van der Waals surface area contributed by atoms with Crippen molar-refractivity contribution in [1.82, 2.24) is 9.80 Å². The minimum absolute atomic E-state index is 0.0520. The van der Waals surface area contributed by atoms with E-state index >= 15 is 0 Å². The Balaban J connectivity index is 1.72. The van der Waals surface area contributed by atoms with E-state index < -0.39 is 17.2 Å². The molecule has 0 aromatic heterocycles. The van der Waals surface area contributed by atoms with Gasteiger partial charge in [-0.3, -0.25) is 9.69 Å². The Morgan fingerprint density at radius 1 is 1.26 bits per heavy atom. The van der Waals surface area contributed by atoms with E-state index in [0.29, 0.717) is 25.7 Å². The molecule has 0 spiro atoms.